The van der Waals surface area contributed by atoms with E-state index in [-0.39, 0.29) is 0 Å². The first-order chi connectivity index (χ1) is 13.5. The molecule has 3 nitrogen and oxygen atoms in total. The Morgan fingerprint density at radius 1 is 1.14 bits per heavy atom. The van der Waals surface area contributed by atoms with Crippen LogP contribution in [0, 0.1) is 18.3 Å². The van der Waals surface area contributed by atoms with Gasteiger partial charge in [0.1, 0.15) is 16.2 Å². The van der Waals surface area contributed by atoms with Crippen molar-refractivity contribution in [1.29, 1.82) is 5.26 Å². The zero-order chi connectivity index (χ0) is 19.7. The molecule has 0 saturated heterocycles. The Kier molecular flexibility index (Phi) is 5.27. The number of benzene rings is 2. The number of pyridine rings is 1. The maximum Gasteiger partial charge on any atom is 0.137 e. The van der Waals surface area contributed by atoms with Crippen LogP contribution in [0.25, 0.3) is 33.8 Å². The number of hydrogen-bond donors (Lipinski definition) is 0. The molecule has 0 radical (unpaired) electrons. The Balaban J connectivity index is 1.74. The lowest BCUT2D eigenvalue weighted by Crippen LogP contribution is -1.87. The van der Waals surface area contributed by atoms with Crippen LogP contribution in [0.5, 0.6) is 0 Å². The maximum absolute atomic E-state index is 9.68. The van der Waals surface area contributed by atoms with Gasteiger partial charge in [-0.3, -0.25) is 0 Å². The van der Waals surface area contributed by atoms with Gasteiger partial charge < -0.3 is 0 Å². The molecule has 0 amide bonds. The van der Waals surface area contributed by atoms with E-state index in [9.17, 15) is 5.26 Å². The fraction of sp³-hybridized carbons (Fsp3) is 0.0455. The van der Waals surface area contributed by atoms with Crippen LogP contribution in [0.15, 0.2) is 58.4 Å². The van der Waals surface area contributed by atoms with Gasteiger partial charge in [-0.15, -0.1) is 11.3 Å². The van der Waals surface area contributed by atoms with Gasteiger partial charge in [0.05, 0.1) is 16.8 Å². The molecule has 0 unspecified atom stereocenters. The van der Waals surface area contributed by atoms with Crippen molar-refractivity contribution in [1.82, 2.24) is 9.97 Å². The quantitative estimate of drug-likeness (QED) is 0.238. The lowest BCUT2D eigenvalue weighted by atomic mass is 10.1. The van der Waals surface area contributed by atoms with Gasteiger partial charge in [-0.25, -0.2) is 9.97 Å². The van der Waals surface area contributed by atoms with Gasteiger partial charge in [-0.2, -0.15) is 5.26 Å². The number of thiazole rings is 1. The number of fused-ring (bicyclic) bond motifs is 1. The summed E-state index contributed by atoms with van der Waals surface area (Å²) < 4.78 is 0.960. The van der Waals surface area contributed by atoms with Crippen LogP contribution in [0.1, 0.15) is 16.1 Å². The Morgan fingerprint density at radius 3 is 2.68 bits per heavy atom. The number of halogens is 2. The molecular formula is C22H13BrClN3S. The average Bonchev–Trinajstić information content (AvgIpc) is 3.17. The Labute approximate surface area is 180 Å². The molecule has 0 N–H and O–H groups in total. The van der Waals surface area contributed by atoms with Crippen molar-refractivity contribution < 1.29 is 0 Å². The van der Waals surface area contributed by atoms with E-state index in [1.165, 1.54) is 16.9 Å². The molecule has 2 heterocycles. The van der Waals surface area contributed by atoms with Crippen LogP contribution in [0.2, 0.25) is 5.15 Å². The summed E-state index contributed by atoms with van der Waals surface area (Å²) in [6, 6.07) is 18.1. The summed E-state index contributed by atoms with van der Waals surface area (Å²) in [7, 11) is 0. The largest absolute Gasteiger partial charge is 0.235 e. The molecule has 4 rings (SSSR count). The molecule has 0 bridgehead atoms. The Bertz CT molecular complexity index is 1250. The Hall–Kier alpha value is -2.52. The summed E-state index contributed by atoms with van der Waals surface area (Å²) in [6.45, 7) is 2.05. The molecule has 0 aliphatic heterocycles. The first-order valence-electron chi connectivity index (χ1n) is 8.44. The topological polar surface area (TPSA) is 49.6 Å². The predicted octanol–water partition coefficient (Wildman–Crippen LogP) is 7.15. The van der Waals surface area contributed by atoms with Gasteiger partial charge >= 0.3 is 0 Å². The van der Waals surface area contributed by atoms with Gasteiger partial charge in [0, 0.05) is 26.4 Å². The molecule has 0 spiro atoms. The second-order valence-electron chi connectivity index (χ2n) is 6.28. The summed E-state index contributed by atoms with van der Waals surface area (Å²) in [5.41, 5.74) is 5.03. The molecule has 4 aromatic rings. The highest BCUT2D eigenvalue weighted by atomic mass is 79.9. The van der Waals surface area contributed by atoms with Crippen molar-refractivity contribution in [2.75, 3.05) is 0 Å². The van der Waals surface area contributed by atoms with Crippen molar-refractivity contribution in [3.05, 3.63) is 79.7 Å². The molecule has 2 aromatic heterocycles. The van der Waals surface area contributed by atoms with E-state index < -0.39 is 0 Å². The maximum atomic E-state index is 9.68. The van der Waals surface area contributed by atoms with Crippen LogP contribution in [0.3, 0.4) is 0 Å². The summed E-state index contributed by atoms with van der Waals surface area (Å²) in [5.74, 6) is 0. The van der Waals surface area contributed by atoms with Crippen LogP contribution < -0.4 is 0 Å². The van der Waals surface area contributed by atoms with Gasteiger partial charge in [0.15, 0.2) is 0 Å². The third-order valence-corrected chi connectivity index (χ3v) is 5.93. The van der Waals surface area contributed by atoms with E-state index in [1.54, 1.807) is 6.08 Å². The van der Waals surface area contributed by atoms with Gasteiger partial charge in [-0.05, 0) is 37.3 Å². The number of nitrogens with zero attached hydrogens (tertiary/aromatic N) is 3. The second kappa shape index (κ2) is 7.84. The second-order valence-corrected chi connectivity index (χ2v) is 8.41. The van der Waals surface area contributed by atoms with Crippen molar-refractivity contribution in [2.24, 2.45) is 0 Å². The molecule has 2 aromatic carbocycles. The van der Waals surface area contributed by atoms with Gasteiger partial charge in [-0.1, -0.05) is 57.4 Å². The Morgan fingerprint density at radius 2 is 1.93 bits per heavy atom. The number of nitriles is 1. The van der Waals surface area contributed by atoms with Gasteiger partial charge in [0.2, 0.25) is 0 Å². The van der Waals surface area contributed by atoms with Gasteiger partial charge in [0.25, 0.3) is 0 Å². The zero-order valence-corrected chi connectivity index (χ0v) is 17.9. The number of aromatic nitrogens is 2. The van der Waals surface area contributed by atoms with Crippen LogP contribution >= 0.6 is 38.9 Å². The average molecular weight is 467 g/mol. The molecule has 0 aliphatic rings. The number of allylic oxidation sites excluding steroid dienone is 1. The van der Waals surface area contributed by atoms with E-state index in [0.717, 1.165) is 26.6 Å². The third-order valence-electron chi connectivity index (χ3n) is 4.26. The minimum Gasteiger partial charge on any atom is -0.235 e. The fourth-order valence-corrected chi connectivity index (χ4v) is 4.17. The zero-order valence-electron chi connectivity index (χ0n) is 14.8. The number of hydrogen-bond acceptors (Lipinski definition) is 4. The first-order valence-corrected chi connectivity index (χ1v) is 10.5. The molecule has 136 valence electrons. The summed E-state index contributed by atoms with van der Waals surface area (Å²) in [5, 5.41) is 13.6. The molecule has 28 heavy (non-hydrogen) atoms. The lowest BCUT2D eigenvalue weighted by Gasteiger charge is -2.03. The predicted molar refractivity (Wildman–Crippen MR) is 120 cm³/mol. The van der Waals surface area contributed by atoms with E-state index in [1.807, 2.05) is 60.8 Å². The highest BCUT2D eigenvalue weighted by molar-refractivity contribution is 9.10. The molecule has 0 atom stereocenters. The van der Waals surface area contributed by atoms with Crippen molar-refractivity contribution in [3.8, 4) is 17.3 Å². The highest BCUT2D eigenvalue weighted by Gasteiger charge is 2.11. The van der Waals surface area contributed by atoms with E-state index in [4.69, 9.17) is 11.6 Å². The minimum absolute atomic E-state index is 0.359. The minimum atomic E-state index is 0.359. The van der Waals surface area contributed by atoms with Crippen LogP contribution in [0.4, 0.5) is 0 Å². The van der Waals surface area contributed by atoms with E-state index >= 15 is 0 Å². The van der Waals surface area contributed by atoms with Crippen molar-refractivity contribution in [2.45, 2.75) is 6.92 Å². The first kappa shape index (κ1) is 18.8. The van der Waals surface area contributed by atoms with Crippen molar-refractivity contribution in [3.63, 3.8) is 0 Å². The summed E-state index contributed by atoms with van der Waals surface area (Å²) in [4.78, 5) is 9.07. The van der Waals surface area contributed by atoms with Crippen LogP contribution in [-0.4, -0.2) is 9.97 Å². The molecule has 0 fully saturated rings. The number of rotatable bonds is 3. The standard InChI is InChI=1S/C22H13BrClN3S/c1-13-2-4-14(5-3-13)20-12-28-22(27-20)17(11-25)9-16-8-15-10-18(23)6-7-19(15)26-21(16)24/h2-10,12H,1H3. The third kappa shape index (κ3) is 3.85. The van der Waals surface area contributed by atoms with E-state index in [2.05, 4.69) is 32.0 Å². The molecule has 0 aliphatic carbocycles. The molecular weight excluding hydrogens is 454 g/mol. The van der Waals surface area contributed by atoms with E-state index in [0.29, 0.717) is 21.3 Å². The smallest absolute Gasteiger partial charge is 0.137 e. The fourth-order valence-electron chi connectivity index (χ4n) is 2.79. The van der Waals surface area contributed by atoms with Crippen LogP contribution in [-0.2, 0) is 0 Å². The van der Waals surface area contributed by atoms with Crippen molar-refractivity contribution >= 4 is 61.4 Å². The normalized spacial score (nSPS) is 11.6. The summed E-state index contributed by atoms with van der Waals surface area (Å²) in [6.07, 6.45) is 1.74. The molecule has 0 saturated carbocycles. The monoisotopic (exact) mass is 465 g/mol. The SMILES string of the molecule is Cc1ccc(-c2csc(C(C#N)=Cc3cc4cc(Br)ccc4nc3Cl)n2)cc1. The highest BCUT2D eigenvalue weighted by Crippen LogP contribution is 2.30. The number of aryl methyl sites for hydroxylation is 1. The lowest BCUT2D eigenvalue weighted by molar-refractivity contribution is 1.36. The summed E-state index contributed by atoms with van der Waals surface area (Å²) >= 11 is 11.3. The molecule has 6 heteroatoms.